The number of aryl methyl sites for hydroxylation is 1. The molecule has 0 unspecified atom stereocenters. The van der Waals surface area contributed by atoms with E-state index in [0.717, 1.165) is 16.3 Å². The lowest BCUT2D eigenvalue weighted by Crippen LogP contribution is -1.76. The summed E-state index contributed by atoms with van der Waals surface area (Å²) in [6.45, 7) is 1.96. The number of phenols is 1. The maximum atomic E-state index is 9.96. The van der Waals surface area contributed by atoms with E-state index in [9.17, 15) is 5.11 Å². The maximum absolute atomic E-state index is 9.96. The quantitative estimate of drug-likeness (QED) is 0.683. The molecular weight excluding hydrogens is 250 g/mol. The standard InChI is InChI=1S/C16H13N3O/c1-11-6-9-15(17-10-11)18-19-16-13-5-3-2-4-12(13)7-8-14(16)20/h2-10,20H,1H3. The van der Waals surface area contributed by atoms with Crippen LogP contribution in [0.1, 0.15) is 5.56 Å². The van der Waals surface area contributed by atoms with Crippen LogP contribution in [0.3, 0.4) is 0 Å². The van der Waals surface area contributed by atoms with Crippen LogP contribution in [0, 0.1) is 6.92 Å². The van der Waals surface area contributed by atoms with Gasteiger partial charge in [0.2, 0.25) is 0 Å². The maximum Gasteiger partial charge on any atom is 0.174 e. The molecule has 3 rings (SSSR count). The van der Waals surface area contributed by atoms with E-state index in [1.54, 1.807) is 18.3 Å². The molecule has 3 aromatic rings. The summed E-state index contributed by atoms with van der Waals surface area (Å²) in [5.74, 6) is 0.627. The smallest absolute Gasteiger partial charge is 0.174 e. The summed E-state index contributed by atoms with van der Waals surface area (Å²) < 4.78 is 0. The van der Waals surface area contributed by atoms with Crippen molar-refractivity contribution in [2.45, 2.75) is 6.92 Å². The van der Waals surface area contributed by atoms with Gasteiger partial charge in [-0.15, -0.1) is 10.2 Å². The van der Waals surface area contributed by atoms with Crippen molar-refractivity contribution in [2.24, 2.45) is 10.2 Å². The van der Waals surface area contributed by atoms with Gasteiger partial charge in [0.05, 0.1) is 0 Å². The number of aromatic hydroxyl groups is 1. The highest BCUT2D eigenvalue weighted by atomic mass is 16.3. The Morgan fingerprint density at radius 1 is 0.950 bits per heavy atom. The molecule has 0 aliphatic carbocycles. The van der Waals surface area contributed by atoms with Gasteiger partial charge in [0.1, 0.15) is 11.4 Å². The molecule has 0 fully saturated rings. The van der Waals surface area contributed by atoms with Gasteiger partial charge in [-0.05, 0) is 30.0 Å². The molecule has 98 valence electrons. The molecule has 0 radical (unpaired) electrons. The third kappa shape index (κ3) is 2.36. The minimum Gasteiger partial charge on any atom is -0.506 e. The highest BCUT2D eigenvalue weighted by Crippen LogP contribution is 2.35. The second-order valence-electron chi connectivity index (χ2n) is 4.55. The molecule has 1 N–H and O–H groups in total. The lowest BCUT2D eigenvalue weighted by atomic mass is 10.1. The Morgan fingerprint density at radius 2 is 1.80 bits per heavy atom. The van der Waals surface area contributed by atoms with Crippen LogP contribution in [-0.4, -0.2) is 10.1 Å². The topological polar surface area (TPSA) is 57.8 Å². The molecule has 4 heteroatoms. The Kier molecular flexibility index (Phi) is 3.13. The minimum atomic E-state index is 0.111. The first-order chi connectivity index (χ1) is 9.74. The molecule has 0 saturated carbocycles. The van der Waals surface area contributed by atoms with Crippen molar-refractivity contribution in [3.63, 3.8) is 0 Å². The Balaban J connectivity index is 2.06. The molecule has 0 spiro atoms. The van der Waals surface area contributed by atoms with E-state index in [0.29, 0.717) is 11.5 Å². The summed E-state index contributed by atoms with van der Waals surface area (Å²) in [5, 5.41) is 20.1. The van der Waals surface area contributed by atoms with E-state index < -0.39 is 0 Å². The van der Waals surface area contributed by atoms with Gasteiger partial charge in [0, 0.05) is 11.6 Å². The van der Waals surface area contributed by atoms with E-state index in [1.807, 2.05) is 43.3 Å². The fourth-order valence-corrected chi connectivity index (χ4v) is 1.97. The summed E-state index contributed by atoms with van der Waals surface area (Å²) >= 11 is 0. The minimum absolute atomic E-state index is 0.111. The molecule has 0 saturated heterocycles. The zero-order valence-corrected chi connectivity index (χ0v) is 11.0. The zero-order chi connectivity index (χ0) is 13.9. The largest absolute Gasteiger partial charge is 0.506 e. The van der Waals surface area contributed by atoms with Crippen LogP contribution < -0.4 is 0 Å². The van der Waals surface area contributed by atoms with Crippen molar-refractivity contribution in [1.82, 2.24) is 4.98 Å². The molecule has 0 amide bonds. The van der Waals surface area contributed by atoms with Gasteiger partial charge in [-0.2, -0.15) is 0 Å². The average Bonchev–Trinajstić information content (AvgIpc) is 2.48. The van der Waals surface area contributed by atoms with Crippen LogP contribution in [0.5, 0.6) is 5.75 Å². The molecule has 4 nitrogen and oxygen atoms in total. The SMILES string of the molecule is Cc1ccc(N=Nc2c(O)ccc3ccccc23)nc1. The first kappa shape index (κ1) is 12.3. The molecule has 0 aliphatic heterocycles. The summed E-state index contributed by atoms with van der Waals surface area (Å²) in [7, 11) is 0. The van der Waals surface area contributed by atoms with Crippen molar-refractivity contribution in [1.29, 1.82) is 0 Å². The van der Waals surface area contributed by atoms with Crippen LogP contribution >= 0.6 is 0 Å². The number of fused-ring (bicyclic) bond motifs is 1. The third-order valence-electron chi connectivity index (χ3n) is 3.03. The highest BCUT2D eigenvalue weighted by molar-refractivity contribution is 5.95. The third-order valence-corrected chi connectivity index (χ3v) is 3.03. The Labute approximate surface area is 116 Å². The number of phenolic OH excluding ortho intramolecular Hbond substituents is 1. The average molecular weight is 263 g/mol. The number of nitrogens with zero attached hydrogens (tertiary/aromatic N) is 3. The summed E-state index contributed by atoms with van der Waals surface area (Å²) in [5.41, 5.74) is 1.53. The molecule has 0 bridgehead atoms. The first-order valence-corrected chi connectivity index (χ1v) is 6.29. The Bertz CT molecular complexity index is 779. The van der Waals surface area contributed by atoms with Crippen molar-refractivity contribution in [3.05, 3.63) is 60.3 Å². The van der Waals surface area contributed by atoms with E-state index in [4.69, 9.17) is 0 Å². The number of aromatic nitrogens is 1. The second-order valence-corrected chi connectivity index (χ2v) is 4.55. The lowest BCUT2D eigenvalue weighted by molar-refractivity contribution is 0.477. The predicted octanol–water partition coefficient (Wildman–Crippen LogP) is 4.66. The number of hydrogen-bond acceptors (Lipinski definition) is 4. The van der Waals surface area contributed by atoms with Crippen molar-refractivity contribution in [2.75, 3.05) is 0 Å². The Hall–Kier alpha value is -2.75. The highest BCUT2D eigenvalue weighted by Gasteiger charge is 2.05. The summed E-state index contributed by atoms with van der Waals surface area (Å²) in [4.78, 5) is 4.16. The monoisotopic (exact) mass is 263 g/mol. The number of benzene rings is 2. The molecule has 1 heterocycles. The second kappa shape index (κ2) is 5.09. The van der Waals surface area contributed by atoms with E-state index >= 15 is 0 Å². The zero-order valence-electron chi connectivity index (χ0n) is 11.0. The van der Waals surface area contributed by atoms with Crippen molar-refractivity contribution in [3.8, 4) is 5.75 Å². The van der Waals surface area contributed by atoms with E-state index in [2.05, 4.69) is 15.2 Å². The van der Waals surface area contributed by atoms with Gasteiger partial charge in [0.25, 0.3) is 0 Å². The van der Waals surface area contributed by atoms with Crippen LogP contribution in [0.15, 0.2) is 65.0 Å². The lowest BCUT2D eigenvalue weighted by Gasteiger charge is -2.03. The molecule has 20 heavy (non-hydrogen) atoms. The van der Waals surface area contributed by atoms with Crippen molar-refractivity contribution >= 4 is 22.3 Å². The molecular formula is C16H13N3O. The molecule has 1 aromatic heterocycles. The number of azo groups is 1. The van der Waals surface area contributed by atoms with Gasteiger partial charge < -0.3 is 5.11 Å². The first-order valence-electron chi connectivity index (χ1n) is 6.29. The molecule has 0 atom stereocenters. The van der Waals surface area contributed by atoms with Gasteiger partial charge in [0.15, 0.2) is 5.82 Å². The van der Waals surface area contributed by atoms with Crippen LogP contribution in [0.2, 0.25) is 0 Å². The number of pyridine rings is 1. The fraction of sp³-hybridized carbons (Fsp3) is 0.0625. The normalized spacial score (nSPS) is 11.2. The van der Waals surface area contributed by atoms with Gasteiger partial charge in [-0.25, -0.2) is 4.98 Å². The Morgan fingerprint density at radius 3 is 2.60 bits per heavy atom. The van der Waals surface area contributed by atoms with E-state index in [-0.39, 0.29) is 5.75 Å². The molecule has 2 aromatic carbocycles. The van der Waals surface area contributed by atoms with Crippen LogP contribution in [0.25, 0.3) is 10.8 Å². The summed E-state index contributed by atoms with van der Waals surface area (Å²) in [6, 6.07) is 14.9. The summed E-state index contributed by atoms with van der Waals surface area (Å²) in [6.07, 6.45) is 1.73. The van der Waals surface area contributed by atoms with Crippen LogP contribution in [-0.2, 0) is 0 Å². The van der Waals surface area contributed by atoms with Gasteiger partial charge >= 0.3 is 0 Å². The number of hydrogen-bond donors (Lipinski definition) is 1. The van der Waals surface area contributed by atoms with Crippen LogP contribution in [0.4, 0.5) is 11.5 Å². The number of rotatable bonds is 2. The van der Waals surface area contributed by atoms with E-state index in [1.165, 1.54) is 0 Å². The predicted molar refractivity (Wildman–Crippen MR) is 78.8 cm³/mol. The van der Waals surface area contributed by atoms with Crippen molar-refractivity contribution < 1.29 is 5.11 Å². The molecule has 0 aliphatic rings. The van der Waals surface area contributed by atoms with Gasteiger partial charge in [-0.3, -0.25) is 0 Å². The van der Waals surface area contributed by atoms with Gasteiger partial charge in [-0.1, -0.05) is 36.4 Å². The fourth-order valence-electron chi connectivity index (χ4n) is 1.97.